The molecule has 2 aromatic carbocycles. The highest BCUT2D eigenvalue weighted by Gasteiger charge is 2.23. The van der Waals surface area contributed by atoms with Crippen molar-refractivity contribution in [1.29, 1.82) is 0 Å². The van der Waals surface area contributed by atoms with Crippen LogP contribution in [-0.4, -0.2) is 46.4 Å². The van der Waals surface area contributed by atoms with Crippen LogP contribution < -0.4 is 16.5 Å². The number of thiazole rings is 1. The molecule has 1 aliphatic rings. The van der Waals surface area contributed by atoms with Gasteiger partial charge in [0, 0.05) is 24.3 Å². The van der Waals surface area contributed by atoms with E-state index in [0.717, 1.165) is 41.1 Å². The second-order valence-electron chi connectivity index (χ2n) is 8.91. The third kappa shape index (κ3) is 3.84. The van der Waals surface area contributed by atoms with Crippen LogP contribution in [0.5, 0.6) is 0 Å². The first-order valence-corrected chi connectivity index (χ1v) is 12.7. The normalized spacial score (nSPS) is 14.3. The molecule has 1 saturated heterocycles. The fourth-order valence-corrected chi connectivity index (χ4v) is 6.05. The van der Waals surface area contributed by atoms with E-state index in [2.05, 4.69) is 10.2 Å². The Morgan fingerprint density at radius 1 is 1.06 bits per heavy atom. The van der Waals surface area contributed by atoms with Crippen molar-refractivity contribution in [2.45, 2.75) is 12.8 Å². The largest absolute Gasteiger partial charge is 0.399 e. The van der Waals surface area contributed by atoms with Crippen molar-refractivity contribution < 1.29 is 4.79 Å². The van der Waals surface area contributed by atoms with Gasteiger partial charge in [0.1, 0.15) is 16.0 Å². The van der Waals surface area contributed by atoms with E-state index in [1.165, 1.54) is 24.2 Å². The summed E-state index contributed by atoms with van der Waals surface area (Å²) < 4.78 is 2.93. The molecule has 5 aromatic rings. The SMILES string of the molecule is Nc1cccc(-c2ccc3c(=O)c(C(=O)NCCN4CCCC4)c4sc5ccccc5n4c3n2)c1. The average molecular weight is 484 g/mol. The third-order valence-electron chi connectivity index (χ3n) is 6.61. The van der Waals surface area contributed by atoms with Crippen LogP contribution in [0.3, 0.4) is 0 Å². The molecule has 0 atom stereocenters. The van der Waals surface area contributed by atoms with E-state index in [0.29, 0.717) is 28.1 Å². The summed E-state index contributed by atoms with van der Waals surface area (Å²) >= 11 is 1.44. The van der Waals surface area contributed by atoms with Crippen LogP contribution in [0.15, 0.2) is 65.5 Å². The number of benzene rings is 2. The number of rotatable bonds is 5. The summed E-state index contributed by atoms with van der Waals surface area (Å²) in [6.45, 7) is 3.44. The molecule has 1 aliphatic heterocycles. The van der Waals surface area contributed by atoms with Crippen molar-refractivity contribution in [3.05, 3.63) is 76.5 Å². The van der Waals surface area contributed by atoms with Crippen LogP contribution in [-0.2, 0) is 0 Å². The number of para-hydroxylation sites is 1. The quantitative estimate of drug-likeness (QED) is 0.367. The Morgan fingerprint density at radius 3 is 2.71 bits per heavy atom. The first-order chi connectivity index (χ1) is 17.1. The van der Waals surface area contributed by atoms with Gasteiger partial charge in [-0.2, -0.15) is 0 Å². The number of aromatic nitrogens is 2. The second kappa shape index (κ2) is 8.79. The predicted molar refractivity (Wildman–Crippen MR) is 142 cm³/mol. The van der Waals surface area contributed by atoms with Crippen molar-refractivity contribution in [2.75, 3.05) is 31.9 Å². The standard InChI is InChI=1S/C27H25N5O2S/c28-18-7-5-6-17(16-18)20-11-10-19-24(33)23(26(34)29-12-15-31-13-3-4-14-31)27-32(25(19)30-20)21-8-1-2-9-22(21)35-27/h1-2,5-11,16H,3-4,12-15,28H2,(H,29,34). The second-order valence-corrected chi connectivity index (χ2v) is 9.94. The van der Waals surface area contributed by atoms with Crippen LogP contribution in [0, 0.1) is 0 Å². The number of carbonyl (C=O) groups is 1. The molecule has 0 saturated carbocycles. The van der Waals surface area contributed by atoms with Gasteiger partial charge in [0.2, 0.25) is 5.43 Å². The van der Waals surface area contributed by atoms with Crippen molar-refractivity contribution in [3.63, 3.8) is 0 Å². The van der Waals surface area contributed by atoms with Crippen molar-refractivity contribution in [1.82, 2.24) is 19.6 Å². The fraction of sp³-hybridized carbons (Fsp3) is 0.222. The molecule has 35 heavy (non-hydrogen) atoms. The maximum Gasteiger partial charge on any atom is 0.258 e. The minimum atomic E-state index is -0.333. The zero-order chi connectivity index (χ0) is 23.9. The number of nitrogens with one attached hydrogen (secondary N) is 1. The van der Waals surface area contributed by atoms with Gasteiger partial charge in [-0.25, -0.2) is 4.98 Å². The van der Waals surface area contributed by atoms with Crippen LogP contribution in [0.2, 0.25) is 0 Å². The Labute approximate surface area is 205 Å². The van der Waals surface area contributed by atoms with E-state index in [1.54, 1.807) is 6.07 Å². The molecule has 0 aliphatic carbocycles. The van der Waals surface area contributed by atoms with E-state index in [9.17, 15) is 9.59 Å². The molecular formula is C27H25N5O2S. The van der Waals surface area contributed by atoms with Crippen LogP contribution in [0.1, 0.15) is 23.2 Å². The highest BCUT2D eigenvalue weighted by atomic mass is 32.1. The minimum Gasteiger partial charge on any atom is -0.399 e. The molecule has 6 rings (SSSR count). The fourth-order valence-electron chi connectivity index (χ4n) is 4.87. The molecule has 0 spiro atoms. The predicted octanol–water partition coefficient (Wildman–Crippen LogP) is 4.14. The molecule has 3 N–H and O–H groups in total. The highest BCUT2D eigenvalue weighted by Crippen LogP contribution is 2.31. The van der Waals surface area contributed by atoms with Gasteiger partial charge in [-0.15, -0.1) is 11.3 Å². The van der Waals surface area contributed by atoms with E-state index in [4.69, 9.17) is 10.7 Å². The summed E-state index contributed by atoms with van der Waals surface area (Å²) in [5.41, 5.74) is 9.56. The number of likely N-dealkylation sites (tertiary alicyclic amines) is 1. The monoisotopic (exact) mass is 483 g/mol. The van der Waals surface area contributed by atoms with Gasteiger partial charge in [-0.3, -0.25) is 14.0 Å². The Balaban J connectivity index is 1.52. The molecular weight excluding hydrogens is 458 g/mol. The molecule has 1 fully saturated rings. The average Bonchev–Trinajstić information content (AvgIpc) is 3.52. The number of carbonyl (C=O) groups excluding carboxylic acids is 1. The van der Waals surface area contributed by atoms with Gasteiger partial charge in [0.15, 0.2) is 0 Å². The molecule has 8 heteroatoms. The van der Waals surface area contributed by atoms with Gasteiger partial charge >= 0.3 is 0 Å². The number of hydrogen-bond donors (Lipinski definition) is 2. The number of anilines is 1. The summed E-state index contributed by atoms with van der Waals surface area (Å²) in [5, 5.41) is 3.41. The molecule has 176 valence electrons. The summed E-state index contributed by atoms with van der Waals surface area (Å²) in [4.78, 5) is 34.8. The van der Waals surface area contributed by atoms with Gasteiger partial charge in [0.05, 0.1) is 21.3 Å². The number of hydrogen-bond acceptors (Lipinski definition) is 6. The molecule has 0 unspecified atom stereocenters. The zero-order valence-corrected chi connectivity index (χ0v) is 20.0. The molecule has 1 amide bonds. The van der Waals surface area contributed by atoms with Gasteiger partial charge in [-0.1, -0.05) is 24.3 Å². The maximum atomic E-state index is 13.6. The maximum absolute atomic E-state index is 13.6. The summed E-state index contributed by atoms with van der Waals surface area (Å²) in [7, 11) is 0. The molecule has 0 radical (unpaired) electrons. The Kier molecular flexibility index (Phi) is 5.47. The van der Waals surface area contributed by atoms with Crippen LogP contribution in [0.25, 0.3) is 37.3 Å². The van der Waals surface area contributed by atoms with E-state index in [1.807, 2.05) is 59.0 Å². The highest BCUT2D eigenvalue weighted by molar-refractivity contribution is 7.24. The zero-order valence-electron chi connectivity index (χ0n) is 19.2. The minimum absolute atomic E-state index is 0.179. The lowest BCUT2D eigenvalue weighted by Crippen LogP contribution is -2.35. The van der Waals surface area contributed by atoms with E-state index in [-0.39, 0.29) is 16.9 Å². The van der Waals surface area contributed by atoms with Crippen molar-refractivity contribution in [2.24, 2.45) is 0 Å². The molecule has 3 aromatic heterocycles. The lowest BCUT2D eigenvalue weighted by Gasteiger charge is -2.15. The Hall–Kier alpha value is -3.75. The summed E-state index contributed by atoms with van der Waals surface area (Å²) in [6.07, 6.45) is 2.40. The van der Waals surface area contributed by atoms with E-state index < -0.39 is 0 Å². The topological polar surface area (TPSA) is 92.7 Å². The smallest absolute Gasteiger partial charge is 0.258 e. The molecule has 7 nitrogen and oxygen atoms in total. The number of amides is 1. The number of fused-ring (bicyclic) bond motifs is 5. The van der Waals surface area contributed by atoms with Gasteiger partial charge in [0.25, 0.3) is 5.91 Å². The van der Waals surface area contributed by atoms with Crippen molar-refractivity contribution in [3.8, 4) is 11.3 Å². The lowest BCUT2D eigenvalue weighted by atomic mass is 10.1. The van der Waals surface area contributed by atoms with Gasteiger partial charge < -0.3 is 16.0 Å². The van der Waals surface area contributed by atoms with E-state index >= 15 is 0 Å². The first kappa shape index (κ1) is 21.8. The Morgan fingerprint density at radius 2 is 1.89 bits per heavy atom. The molecule has 4 heterocycles. The third-order valence-corrected chi connectivity index (χ3v) is 7.76. The summed E-state index contributed by atoms with van der Waals surface area (Å²) in [5.74, 6) is -0.333. The van der Waals surface area contributed by atoms with Crippen molar-refractivity contribution >= 4 is 49.0 Å². The number of nitrogen functional groups attached to an aromatic ring is 1. The van der Waals surface area contributed by atoms with Crippen LogP contribution >= 0.6 is 11.3 Å². The van der Waals surface area contributed by atoms with Crippen LogP contribution in [0.4, 0.5) is 5.69 Å². The first-order valence-electron chi connectivity index (χ1n) is 11.8. The Bertz CT molecular complexity index is 1650. The number of nitrogens with two attached hydrogens (primary N) is 1. The number of pyridine rings is 2. The lowest BCUT2D eigenvalue weighted by molar-refractivity contribution is 0.0950. The van der Waals surface area contributed by atoms with Gasteiger partial charge in [-0.05, 0) is 62.3 Å². The number of nitrogens with zero attached hydrogens (tertiary/aromatic N) is 3. The summed E-state index contributed by atoms with van der Waals surface area (Å²) in [6, 6.07) is 19.0. The molecule has 0 bridgehead atoms.